The Balaban J connectivity index is 1.51. The number of hydrogen-bond donors (Lipinski definition) is 2. The fourth-order valence-corrected chi connectivity index (χ4v) is 5.78. The molecule has 3 aromatic rings. The Kier molecular flexibility index (Phi) is 6.53. The number of benzene rings is 3. The molecule has 1 aliphatic rings. The number of phenols is 1. The molecule has 6 nitrogen and oxygen atoms in total. The average molecular weight is 656 g/mol. The van der Waals surface area contributed by atoms with Gasteiger partial charge in [-0.3, -0.25) is 19.3 Å². The molecule has 0 unspecified atom stereocenters. The van der Waals surface area contributed by atoms with Crippen LogP contribution in [0.5, 0.6) is 5.75 Å². The van der Waals surface area contributed by atoms with Crippen molar-refractivity contribution in [3.8, 4) is 5.75 Å². The Morgan fingerprint density at radius 3 is 2.48 bits per heavy atom. The molecule has 0 spiro atoms. The van der Waals surface area contributed by atoms with E-state index in [9.17, 15) is 19.5 Å². The number of anilines is 1. The van der Waals surface area contributed by atoms with Crippen LogP contribution in [0.15, 0.2) is 59.5 Å². The first-order valence-electron chi connectivity index (χ1n) is 9.04. The van der Waals surface area contributed by atoms with Crippen molar-refractivity contribution in [1.82, 2.24) is 4.90 Å². The SMILES string of the molecule is O=C(CN1C(=O)SC(=Cc2cc(I)c(O)c(I)c2)C1=O)Nc1cccc2ccccc12. The van der Waals surface area contributed by atoms with E-state index in [4.69, 9.17) is 0 Å². The number of nitrogens with one attached hydrogen (secondary N) is 1. The molecule has 0 atom stereocenters. The second-order valence-corrected chi connectivity index (χ2v) is 9.99. The zero-order valence-electron chi connectivity index (χ0n) is 15.8. The number of nitrogens with zero attached hydrogens (tertiary/aromatic N) is 1. The summed E-state index contributed by atoms with van der Waals surface area (Å²) in [6.07, 6.45) is 1.59. The number of phenolic OH excluding ortho intramolecular Hbond substituents is 1. The predicted octanol–water partition coefficient (Wildman–Crippen LogP) is 5.43. The number of aromatic hydroxyl groups is 1. The fraction of sp³-hybridized carbons (Fsp3) is 0.0455. The molecule has 0 radical (unpaired) electrons. The molecule has 0 aliphatic carbocycles. The van der Waals surface area contributed by atoms with Crippen LogP contribution in [0.4, 0.5) is 10.5 Å². The highest BCUT2D eigenvalue weighted by Crippen LogP contribution is 2.34. The van der Waals surface area contributed by atoms with Crippen LogP contribution in [0, 0.1) is 7.14 Å². The lowest BCUT2D eigenvalue weighted by Gasteiger charge is -2.13. The van der Waals surface area contributed by atoms with Crippen molar-refractivity contribution >= 4 is 96.5 Å². The average Bonchev–Trinajstić information content (AvgIpc) is 2.99. The van der Waals surface area contributed by atoms with E-state index in [1.807, 2.05) is 81.6 Å². The maximum atomic E-state index is 12.7. The van der Waals surface area contributed by atoms with E-state index < -0.39 is 17.1 Å². The van der Waals surface area contributed by atoms with Crippen LogP contribution in [0.2, 0.25) is 0 Å². The summed E-state index contributed by atoms with van der Waals surface area (Å²) in [7, 11) is 0. The lowest BCUT2D eigenvalue weighted by atomic mass is 10.1. The number of thioether (sulfide) groups is 1. The number of hydrogen-bond acceptors (Lipinski definition) is 5. The third kappa shape index (κ3) is 4.72. The molecule has 1 heterocycles. The minimum atomic E-state index is -0.513. The van der Waals surface area contributed by atoms with Gasteiger partial charge in [-0.15, -0.1) is 0 Å². The molecule has 3 amide bonds. The monoisotopic (exact) mass is 656 g/mol. The van der Waals surface area contributed by atoms with E-state index >= 15 is 0 Å². The van der Waals surface area contributed by atoms with Gasteiger partial charge in [-0.25, -0.2) is 0 Å². The molecule has 3 aromatic carbocycles. The fourth-order valence-electron chi connectivity index (χ4n) is 3.12. The molecule has 9 heteroatoms. The van der Waals surface area contributed by atoms with Crippen molar-refractivity contribution in [2.75, 3.05) is 11.9 Å². The normalized spacial score (nSPS) is 15.2. The van der Waals surface area contributed by atoms with E-state index in [-0.39, 0.29) is 17.2 Å². The van der Waals surface area contributed by atoms with E-state index in [0.29, 0.717) is 18.4 Å². The molecule has 31 heavy (non-hydrogen) atoms. The van der Waals surface area contributed by atoms with E-state index in [1.54, 1.807) is 24.3 Å². The summed E-state index contributed by atoms with van der Waals surface area (Å²) < 4.78 is 1.29. The van der Waals surface area contributed by atoms with Gasteiger partial charge in [-0.2, -0.15) is 0 Å². The first kappa shape index (κ1) is 22.1. The first-order valence-corrected chi connectivity index (χ1v) is 12.0. The van der Waals surface area contributed by atoms with Gasteiger partial charge in [0.1, 0.15) is 12.3 Å². The van der Waals surface area contributed by atoms with Crippen molar-refractivity contribution in [2.24, 2.45) is 0 Å². The van der Waals surface area contributed by atoms with Gasteiger partial charge in [0.2, 0.25) is 5.91 Å². The Hall–Kier alpha value is -2.12. The molecule has 1 fully saturated rings. The summed E-state index contributed by atoms with van der Waals surface area (Å²) in [6, 6.07) is 16.6. The summed E-state index contributed by atoms with van der Waals surface area (Å²) in [6.45, 7) is -0.365. The third-order valence-corrected chi connectivity index (χ3v) is 7.13. The van der Waals surface area contributed by atoms with Crippen molar-refractivity contribution < 1.29 is 19.5 Å². The molecular formula is C22H14I2N2O4S. The minimum absolute atomic E-state index is 0.177. The van der Waals surface area contributed by atoms with Gasteiger partial charge < -0.3 is 10.4 Å². The Morgan fingerprint density at radius 2 is 1.74 bits per heavy atom. The summed E-state index contributed by atoms with van der Waals surface area (Å²) >= 11 is 4.80. The molecule has 0 bridgehead atoms. The molecular weight excluding hydrogens is 642 g/mol. The molecule has 1 saturated heterocycles. The second-order valence-electron chi connectivity index (χ2n) is 6.68. The van der Waals surface area contributed by atoms with Gasteiger partial charge in [-0.05, 0) is 92.2 Å². The van der Waals surface area contributed by atoms with Crippen LogP contribution >= 0.6 is 56.9 Å². The lowest BCUT2D eigenvalue weighted by Crippen LogP contribution is -2.36. The predicted molar refractivity (Wildman–Crippen MR) is 139 cm³/mol. The van der Waals surface area contributed by atoms with Crippen LogP contribution in [0.3, 0.4) is 0 Å². The van der Waals surface area contributed by atoms with E-state index in [1.165, 1.54) is 0 Å². The van der Waals surface area contributed by atoms with Gasteiger partial charge in [-0.1, -0.05) is 36.4 Å². The third-order valence-electron chi connectivity index (χ3n) is 4.58. The molecule has 2 N–H and O–H groups in total. The lowest BCUT2D eigenvalue weighted by molar-refractivity contribution is -0.127. The van der Waals surface area contributed by atoms with E-state index in [0.717, 1.165) is 27.4 Å². The minimum Gasteiger partial charge on any atom is -0.506 e. The van der Waals surface area contributed by atoms with Gasteiger partial charge in [0.25, 0.3) is 11.1 Å². The number of carbonyl (C=O) groups excluding carboxylic acids is 3. The number of rotatable bonds is 4. The van der Waals surface area contributed by atoms with Crippen molar-refractivity contribution in [3.63, 3.8) is 0 Å². The highest BCUT2D eigenvalue weighted by molar-refractivity contribution is 14.1. The summed E-state index contributed by atoms with van der Waals surface area (Å²) in [5, 5.41) is 14.1. The quantitative estimate of drug-likeness (QED) is 0.289. The van der Waals surface area contributed by atoms with Crippen molar-refractivity contribution in [3.05, 3.63) is 72.2 Å². The van der Waals surface area contributed by atoms with Crippen LogP contribution < -0.4 is 5.32 Å². The number of fused-ring (bicyclic) bond motifs is 1. The second kappa shape index (κ2) is 9.17. The van der Waals surface area contributed by atoms with Crippen LogP contribution in [-0.2, 0) is 9.59 Å². The van der Waals surface area contributed by atoms with Crippen molar-refractivity contribution in [2.45, 2.75) is 0 Å². The topological polar surface area (TPSA) is 86.7 Å². The van der Waals surface area contributed by atoms with Gasteiger partial charge in [0.05, 0.1) is 12.0 Å². The van der Waals surface area contributed by atoms with Crippen LogP contribution in [0.1, 0.15) is 5.56 Å². The van der Waals surface area contributed by atoms with Crippen LogP contribution in [0.25, 0.3) is 16.8 Å². The number of halogens is 2. The van der Waals surface area contributed by atoms with Gasteiger partial charge in [0.15, 0.2) is 0 Å². The summed E-state index contributed by atoms with van der Waals surface area (Å²) in [5.41, 5.74) is 1.32. The smallest absolute Gasteiger partial charge is 0.294 e. The maximum Gasteiger partial charge on any atom is 0.294 e. The number of imide groups is 1. The molecule has 156 valence electrons. The zero-order valence-corrected chi connectivity index (χ0v) is 20.9. The van der Waals surface area contributed by atoms with Gasteiger partial charge >= 0.3 is 0 Å². The molecule has 1 aliphatic heterocycles. The Bertz CT molecular complexity index is 1250. The summed E-state index contributed by atoms with van der Waals surface area (Å²) in [4.78, 5) is 38.9. The standard InChI is InChI=1S/C22H14I2N2O4S/c23-15-8-12(9-16(24)20(15)28)10-18-21(29)26(22(30)31-18)11-19(27)25-17-7-3-5-13-4-1-2-6-14(13)17/h1-10,28H,11H2,(H,25,27). The number of amides is 3. The number of carbonyl (C=O) groups is 3. The van der Waals surface area contributed by atoms with Crippen LogP contribution in [-0.4, -0.2) is 33.6 Å². The molecule has 0 saturated carbocycles. The van der Waals surface area contributed by atoms with Gasteiger partial charge in [0, 0.05) is 11.1 Å². The largest absolute Gasteiger partial charge is 0.506 e. The summed E-state index contributed by atoms with van der Waals surface area (Å²) in [5.74, 6) is -0.786. The van der Waals surface area contributed by atoms with Crippen molar-refractivity contribution in [1.29, 1.82) is 0 Å². The highest BCUT2D eigenvalue weighted by Gasteiger charge is 2.36. The zero-order chi connectivity index (χ0) is 22.1. The molecule has 0 aromatic heterocycles. The first-order chi connectivity index (χ1) is 14.8. The van der Waals surface area contributed by atoms with E-state index in [2.05, 4.69) is 5.32 Å². The molecule has 4 rings (SSSR count). The highest BCUT2D eigenvalue weighted by atomic mass is 127. The maximum absolute atomic E-state index is 12.7. The Morgan fingerprint density at radius 1 is 1.06 bits per heavy atom. The Labute approximate surface area is 209 Å².